The summed E-state index contributed by atoms with van der Waals surface area (Å²) < 4.78 is 10.8. The summed E-state index contributed by atoms with van der Waals surface area (Å²) in [4.78, 5) is 2.58. The first-order chi connectivity index (χ1) is 9.60. The summed E-state index contributed by atoms with van der Waals surface area (Å²) in [5, 5.41) is 0. The summed E-state index contributed by atoms with van der Waals surface area (Å²) in [6, 6.07) is 6.91. The second-order valence-electron chi connectivity index (χ2n) is 6.15. The second kappa shape index (κ2) is 6.98. The lowest BCUT2D eigenvalue weighted by atomic mass is 10.1. The lowest BCUT2D eigenvalue weighted by Gasteiger charge is -2.30. The second-order valence-corrected chi connectivity index (χ2v) is 6.15. The van der Waals surface area contributed by atoms with Crippen LogP contribution in [0.1, 0.15) is 46.1 Å². The highest BCUT2D eigenvalue weighted by Gasteiger charge is 2.18. The molecule has 3 heteroatoms. The maximum absolute atomic E-state index is 5.47. The molecule has 0 bridgehead atoms. The Kier molecular flexibility index (Phi) is 5.30. The number of nitrogens with zero attached hydrogens (tertiary/aromatic N) is 1. The molecule has 1 aromatic carbocycles. The minimum atomic E-state index is 0.348. The smallest absolute Gasteiger partial charge is 0.231 e. The largest absolute Gasteiger partial charge is 0.454 e. The van der Waals surface area contributed by atoms with E-state index in [-0.39, 0.29) is 0 Å². The third-order valence-electron chi connectivity index (χ3n) is 3.75. The molecule has 0 spiro atoms. The molecule has 2 rings (SSSR count). The van der Waals surface area contributed by atoms with Gasteiger partial charge in [-0.1, -0.05) is 33.3 Å². The van der Waals surface area contributed by atoms with Gasteiger partial charge in [-0.15, -0.1) is 0 Å². The van der Waals surface area contributed by atoms with Crippen molar-refractivity contribution < 1.29 is 9.47 Å². The third-order valence-corrected chi connectivity index (χ3v) is 3.75. The van der Waals surface area contributed by atoms with Gasteiger partial charge in [0.25, 0.3) is 0 Å². The van der Waals surface area contributed by atoms with Gasteiger partial charge in [0.1, 0.15) is 0 Å². The molecule has 112 valence electrons. The molecule has 0 saturated carbocycles. The van der Waals surface area contributed by atoms with E-state index in [0.717, 1.165) is 24.6 Å². The molecular weight excluding hydrogens is 250 g/mol. The van der Waals surface area contributed by atoms with Gasteiger partial charge in [0.15, 0.2) is 11.5 Å². The number of fused-ring (bicyclic) bond motifs is 1. The predicted octanol–water partition coefficient (Wildman–Crippen LogP) is 4.06. The van der Waals surface area contributed by atoms with Crippen molar-refractivity contribution >= 4 is 0 Å². The summed E-state index contributed by atoms with van der Waals surface area (Å²) in [6.07, 6.45) is 2.48. The van der Waals surface area contributed by atoms with E-state index in [4.69, 9.17) is 9.47 Å². The molecule has 1 unspecified atom stereocenters. The quantitative estimate of drug-likeness (QED) is 0.750. The van der Waals surface area contributed by atoms with Crippen LogP contribution >= 0.6 is 0 Å². The van der Waals surface area contributed by atoms with Crippen LogP contribution < -0.4 is 9.47 Å². The summed E-state index contributed by atoms with van der Waals surface area (Å²) >= 11 is 0. The number of hydrogen-bond donors (Lipinski definition) is 0. The maximum atomic E-state index is 5.47. The molecule has 0 aliphatic carbocycles. The number of rotatable bonds is 7. The van der Waals surface area contributed by atoms with Crippen molar-refractivity contribution in [2.24, 2.45) is 5.92 Å². The Labute approximate surface area is 122 Å². The molecule has 3 nitrogen and oxygen atoms in total. The molecule has 1 heterocycles. The molecule has 0 N–H and O–H groups in total. The normalized spacial score (nSPS) is 15.1. The minimum absolute atomic E-state index is 0.348. The molecule has 1 aliphatic heterocycles. The average molecular weight is 277 g/mol. The monoisotopic (exact) mass is 277 g/mol. The lowest BCUT2D eigenvalue weighted by Crippen LogP contribution is -2.35. The molecule has 1 atom stereocenters. The molecular formula is C17H27NO2. The van der Waals surface area contributed by atoms with E-state index in [1.807, 2.05) is 6.07 Å². The molecule has 0 radical (unpaired) electrons. The van der Waals surface area contributed by atoms with Gasteiger partial charge >= 0.3 is 0 Å². The van der Waals surface area contributed by atoms with Crippen molar-refractivity contribution in [3.05, 3.63) is 23.8 Å². The lowest BCUT2D eigenvalue weighted by molar-refractivity contribution is 0.168. The zero-order chi connectivity index (χ0) is 14.5. The SMILES string of the molecule is CCCC(C)N(Cc1ccc2c(c1)OCO2)CC(C)C. The van der Waals surface area contributed by atoms with Crippen LogP contribution in [-0.2, 0) is 6.54 Å². The Morgan fingerprint density at radius 3 is 2.60 bits per heavy atom. The summed E-state index contributed by atoms with van der Waals surface area (Å²) in [6.45, 7) is 11.6. The van der Waals surface area contributed by atoms with Gasteiger partial charge in [0.05, 0.1) is 0 Å². The average Bonchev–Trinajstić information content (AvgIpc) is 2.85. The molecule has 0 fully saturated rings. The maximum Gasteiger partial charge on any atom is 0.231 e. The van der Waals surface area contributed by atoms with Crippen molar-refractivity contribution in [1.29, 1.82) is 0 Å². The first kappa shape index (κ1) is 15.2. The van der Waals surface area contributed by atoms with Gasteiger partial charge in [0.2, 0.25) is 6.79 Å². The van der Waals surface area contributed by atoms with Crippen molar-refractivity contribution in [2.75, 3.05) is 13.3 Å². The Balaban J connectivity index is 2.06. The first-order valence-electron chi connectivity index (χ1n) is 7.72. The topological polar surface area (TPSA) is 21.7 Å². The van der Waals surface area contributed by atoms with Gasteiger partial charge in [-0.3, -0.25) is 4.90 Å². The van der Waals surface area contributed by atoms with E-state index >= 15 is 0 Å². The van der Waals surface area contributed by atoms with Gasteiger partial charge in [-0.25, -0.2) is 0 Å². The predicted molar refractivity (Wildman–Crippen MR) is 82.2 cm³/mol. The van der Waals surface area contributed by atoms with Gasteiger partial charge in [-0.05, 0) is 37.0 Å². The van der Waals surface area contributed by atoms with Crippen molar-refractivity contribution in [2.45, 2.75) is 53.1 Å². The van der Waals surface area contributed by atoms with Gasteiger partial charge in [-0.2, -0.15) is 0 Å². The van der Waals surface area contributed by atoms with Crippen molar-refractivity contribution in [1.82, 2.24) is 4.90 Å². The fourth-order valence-electron chi connectivity index (χ4n) is 2.74. The van der Waals surface area contributed by atoms with E-state index < -0.39 is 0 Å². The fourth-order valence-corrected chi connectivity index (χ4v) is 2.74. The number of ether oxygens (including phenoxy) is 2. The highest BCUT2D eigenvalue weighted by Crippen LogP contribution is 2.33. The number of hydrogen-bond acceptors (Lipinski definition) is 3. The standard InChI is InChI=1S/C17H27NO2/c1-5-6-14(4)18(10-13(2)3)11-15-7-8-16-17(9-15)20-12-19-16/h7-9,13-14H,5-6,10-12H2,1-4H3. The highest BCUT2D eigenvalue weighted by atomic mass is 16.7. The Hall–Kier alpha value is -1.22. The Morgan fingerprint density at radius 2 is 1.90 bits per heavy atom. The Morgan fingerprint density at radius 1 is 1.15 bits per heavy atom. The Bertz CT molecular complexity index is 431. The van der Waals surface area contributed by atoms with Crippen molar-refractivity contribution in [3.63, 3.8) is 0 Å². The van der Waals surface area contributed by atoms with Gasteiger partial charge in [0, 0.05) is 19.1 Å². The van der Waals surface area contributed by atoms with E-state index in [1.54, 1.807) is 0 Å². The van der Waals surface area contributed by atoms with Crippen LogP contribution in [0.25, 0.3) is 0 Å². The van der Waals surface area contributed by atoms with Gasteiger partial charge < -0.3 is 9.47 Å². The summed E-state index contributed by atoms with van der Waals surface area (Å²) in [5.74, 6) is 2.43. The third kappa shape index (κ3) is 3.89. The number of benzene rings is 1. The molecule has 20 heavy (non-hydrogen) atoms. The molecule has 1 aromatic rings. The fraction of sp³-hybridized carbons (Fsp3) is 0.647. The molecule has 0 amide bonds. The molecule has 0 aromatic heterocycles. The first-order valence-corrected chi connectivity index (χ1v) is 7.72. The summed E-state index contributed by atoms with van der Waals surface area (Å²) in [5.41, 5.74) is 1.30. The van der Waals surface area contributed by atoms with E-state index in [9.17, 15) is 0 Å². The van der Waals surface area contributed by atoms with Crippen LogP contribution in [-0.4, -0.2) is 24.3 Å². The van der Waals surface area contributed by atoms with Crippen LogP contribution in [0.15, 0.2) is 18.2 Å². The molecule has 0 saturated heterocycles. The zero-order valence-corrected chi connectivity index (χ0v) is 13.2. The molecule has 1 aliphatic rings. The van der Waals surface area contributed by atoms with Crippen LogP contribution in [0.5, 0.6) is 11.5 Å². The van der Waals surface area contributed by atoms with Crippen LogP contribution in [0.4, 0.5) is 0 Å². The van der Waals surface area contributed by atoms with E-state index in [0.29, 0.717) is 18.8 Å². The zero-order valence-electron chi connectivity index (χ0n) is 13.2. The van der Waals surface area contributed by atoms with Crippen LogP contribution in [0.3, 0.4) is 0 Å². The van der Waals surface area contributed by atoms with Crippen LogP contribution in [0, 0.1) is 5.92 Å². The van der Waals surface area contributed by atoms with E-state index in [1.165, 1.54) is 18.4 Å². The van der Waals surface area contributed by atoms with Crippen LogP contribution in [0.2, 0.25) is 0 Å². The summed E-state index contributed by atoms with van der Waals surface area (Å²) in [7, 11) is 0. The van der Waals surface area contributed by atoms with Crippen molar-refractivity contribution in [3.8, 4) is 11.5 Å². The minimum Gasteiger partial charge on any atom is -0.454 e. The highest BCUT2D eigenvalue weighted by molar-refractivity contribution is 5.44. The van der Waals surface area contributed by atoms with E-state index in [2.05, 4.69) is 44.7 Å².